The van der Waals surface area contributed by atoms with Crippen molar-refractivity contribution in [1.29, 1.82) is 0 Å². The first-order valence-corrected chi connectivity index (χ1v) is 6.50. The lowest BCUT2D eigenvalue weighted by molar-refractivity contribution is -0.124. The molecule has 1 aromatic rings. The molecule has 0 radical (unpaired) electrons. The number of amides is 1. The van der Waals surface area contributed by atoms with Gasteiger partial charge in [0.25, 0.3) is 5.56 Å². The summed E-state index contributed by atoms with van der Waals surface area (Å²) in [7, 11) is 0. The largest absolute Gasteiger partial charge is 0.352 e. The van der Waals surface area contributed by atoms with Crippen molar-refractivity contribution in [1.82, 2.24) is 14.9 Å². The standard InChI is InChI=1S/C12H16ClN3O2/c1-8(12(18)15-9-4-2-3-5-9)16-7-14-10(13)6-11(16)17/h6-9H,2-5H2,1H3,(H,15,18). The highest BCUT2D eigenvalue weighted by atomic mass is 35.5. The molecule has 1 aliphatic carbocycles. The van der Waals surface area contributed by atoms with Crippen LogP contribution in [-0.2, 0) is 4.79 Å². The van der Waals surface area contributed by atoms with Crippen LogP contribution in [0.15, 0.2) is 17.2 Å². The second-order valence-electron chi connectivity index (χ2n) is 4.62. The van der Waals surface area contributed by atoms with E-state index in [2.05, 4.69) is 10.3 Å². The van der Waals surface area contributed by atoms with Gasteiger partial charge in [-0.15, -0.1) is 0 Å². The van der Waals surface area contributed by atoms with Gasteiger partial charge in [0.05, 0.1) is 6.33 Å². The average molecular weight is 270 g/mol. The number of hydrogen-bond acceptors (Lipinski definition) is 3. The molecule has 0 saturated heterocycles. The van der Waals surface area contributed by atoms with Crippen molar-refractivity contribution >= 4 is 17.5 Å². The molecule has 1 N–H and O–H groups in total. The minimum Gasteiger partial charge on any atom is -0.352 e. The Balaban J connectivity index is 2.07. The van der Waals surface area contributed by atoms with E-state index >= 15 is 0 Å². The molecule has 1 heterocycles. The highest BCUT2D eigenvalue weighted by Crippen LogP contribution is 2.18. The minimum absolute atomic E-state index is 0.139. The molecule has 1 unspecified atom stereocenters. The van der Waals surface area contributed by atoms with Crippen LogP contribution < -0.4 is 10.9 Å². The zero-order valence-electron chi connectivity index (χ0n) is 10.2. The van der Waals surface area contributed by atoms with E-state index in [4.69, 9.17) is 11.6 Å². The van der Waals surface area contributed by atoms with Crippen LogP contribution in [0.5, 0.6) is 0 Å². The number of carbonyl (C=O) groups excluding carboxylic acids is 1. The molecule has 18 heavy (non-hydrogen) atoms. The van der Waals surface area contributed by atoms with Crippen LogP contribution in [0.3, 0.4) is 0 Å². The number of aromatic nitrogens is 2. The molecule has 1 aliphatic rings. The smallest absolute Gasteiger partial charge is 0.255 e. The SMILES string of the molecule is CC(C(=O)NC1CCCC1)n1cnc(Cl)cc1=O. The van der Waals surface area contributed by atoms with Crippen LogP contribution in [0.25, 0.3) is 0 Å². The fourth-order valence-corrected chi connectivity index (χ4v) is 2.33. The van der Waals surface area contributed by atoms with Crippen molar-refractivity contribution in [2.45, 2.75) is 44.7 Å². The van der Waals surface area contributed by atoms with Gasteiger partial charge in [0, 0.05) is 12.1 Å². The summed E-state index contributed by atoms with van der Waals surface area (Å²) in [4.78, 5) is 27.5. The number of nitrogens with one attached hydrogen (secondary N) is 1. The van der Waals surface area contributed by atoms with Crippen molar-refractivity contribution in [2.24, 2.45) is 0 Å². The second kappa shape index (κ2) is 5.52. The Hall–Kier alpha value is -1.36. The van der Waals surface area contributed by atoms with Gasteiger partial charge >= 0.3 is 0 Å². The Bertz CT molecular complexity index is 494. The molecule has 1 atom stereocenters. The quantitative estimate of drug-likeness (QED) is 0.846. The Morgan fingerprint density at radius 1 is 1.56 bits per heavy atom. The summed E-state index contributed by atoms with van der Waals surface area (Å²) in [6, 6.07) is 0.889. The lowest BCUT2D eigenvalue weighted by Gasteiger charge is -2.18. The summed E-state index contributed by atoms with van der Waals surface area (Å²) < 4.78 is 1.29. The second-order valence-corrected chi connectivity index (χ2v) is 5.01. The third-order valence-electron chi connectivity index (χ3n) is 3.30. The Kier molecular flexibility index (Phi) is 4.01. The number of halogens is 1. The van der Waals surface area contributed by atoms with Crippen molar-refractivity contribution in [3.63, 3.8) is 0 Å². The molecule has 1 aromatic heterocycles. The van der Waals surface area contributed by atoms with Crippen LogP contribution in [0, 0.1) is 0 Å². The minimum atomic E-state index is -0.567. The van der Waals surface area contributed by atoms with Crippen molar-refractivity contribution < 1.29 is 4.79 Å². The van der Waals surface area contributed by atoms with Gasteiger partial charge < -0.3 is 5.32 Å². The Morgan fingerprint density at radius 3 is 2.83 bits per heavy atom. The van der Waals surface area contributed by atoms with Crippen LogP contribution in [-0.4, -0.2) is 21.5 Å². The summed E-state index contributed by atoms with van der Waals surface area (Å²) in [5, 5.41) is 3.10. The fraction of sp³-hybridized carbons (Fsp3) is 0.583. The van der Waals surface area contributed by atoms with Gasteiger partial charge in [0.2, 0.25) is 5.91 Å². The predicted molar refractivity (Wildman–Crippen MR) is 68.6 cm³/mol. The Morgan fingerprint density at radius 2 is 2.22 bits per heavy atom. The van der Waals surface area contributed by atoms with Gasteiger partial charge in [-0.1, -0.05) is 24.4 Å². The number of carbonyl (C=O) groups is 1. The molecule has 0 aliphatic heterocycles. The highest BCUT2D eigenvalue weighted by Gasteiger charge is 2.22. The van der Waals surface area contributed by atoms with Crippen LogP contribution in [0.1, 0.15) is 38.6 Å². The molecule has 0 bridgehead atoms. The highest BCUT2D eigenvalue weighted by molar-refractivity contribution is 6.29. The maximum atomic E-state index is 12.0. The summed E-state index contributed by atoms with van der Waals surface area (Å²) in [5.74, 6) is -0.145. The molecule has 1 amide bonds. The van der Waals surface area contributed by atoms with Crippen molar-refractivity contribution in [2.75, 3.05) is 0 Å². The molecule has 2 rings (SSSR count). The van der Waals surface area contributed by atoms with E-state index in [0.717, 1.165) is 25.7 Å². The van der Waals surface area contributed by atoms with E-state index in [-0.39, 0.29) is 22.7 Å². The van der Waals surface area contributed by atoms with Crippen molar-refractivity contribution in [3.8, 4) is 0 Å². The molecular weight excluding hydrogens is 254 g/mol. The molecule has 1 fully saturated rings. The normalized spacial score (nSPS) is 17.7. The van der Waals surface area contributed by atoms with E-state index in [1.807, 2.05) is 0 Å². The summed E-state index contributed by atoms with van der Waals surface area (Å²) in [5.41, 5.74) is -0.316. The number of rotatable bonds is 3. The first kappa shape index (κ1) is 13.1. The lowest BCUT2D eigenvalue weighted by atomic mass is 10.2. The maximum Gasteiger partial charge on any atom is 0.255 e. The third kappa shape index (κ3) is 2.90. The first-order chi connectivity index (χ1) is 8.58. The Labute approximate surface area is 110 Å². The maximum absolute atomic E-state index is 12.0. The summed E-state index contributed by atoms with van der Waals surface area (Å²) >= 11 is 5.61. The number of nitrogens with zero attached hydrogens (tertiary/aromatic N) is 2. The molecule has 1 saturated carbocycles. The third-order valence-corrected chi connectivity index (χ3v) is 3.51. The monoisotopic (exact) mass is 269 g/mol. The van der Waals surface area contributed by atoms with Gasteiger partial charge in [-0.05, 0) is 19.8 Å². The van der Waals surface area contributed by atoms with E-state index in [9.17, 15) is 9.59 Å². The molecule has 98 valence electrons. The van der Waals surface area contributed by atoms with E-state index in [0.29, 0.717) is 0 Å². The number of hydrogen-bond donors (Lipinski definition) is 1. The zero-order chi connectivity index (χ0) is 13.1. The topological polar surface area (TPSA) is 64.0 Å². The van der Waals surface area contributed by atoms with E-state index in [1.54, 1.807) is 6.92 Å². The molecular formula is C12H16ClN3O2. The van der Waals surface area contributed by atoms with E-state index in [1.165, 1.54) is 17.0 Å². The van der Waals surface area contributed by atoms with Crippen LogP contribution in [0.4, 0.5) is 0 Å². The van der Waals surface area contributed by atoms with Crippen LogP contribution >= 0.6 is 11.6 Å². The molecule has 0 aromatic carbocycles. The lowest BCUT2D eigenvalue weighted by Crippen LogP contribution is -2.40. The summed E-state index contributed by atoms with van der Waals surface area (Å²) in [6.45, 7) is 1.68. The average Bonchev–Trinajstić information content (AvgIpc) is 2.81. The van der Waals surface area contributed by atoms with Crippen molar-refractivity contribution in [3.05, 3.63) is 27.9 Å². The first-order valence-electron chi connectivity index (χ1n) is 6.12. The van der Waals surface area contributed by atoms with Gasteiger partial charge in [-0.3, -0.25) is 14.2 Å². The molecule has 0 spiro atoms. The van der Waals surface area contributed by atoms with Gasteiger partial charge in [-0.2, -0.15) is 0 Å². The van der Waals surface area contributed by atoms with Gasteiger partial charge in [0.1, 0.15) is 11.2 Å². The predicted octanol–water partition coefficient (Wildman–Crippen LogP) is 1.52. The fourth-order valence-electron chi connectivity index (χ4n) is 2.20. The van der Waals surface area contributed by atoms with Crippen LogP contribution in [0.2, 0.25) is 5.15 Å². The van der Waals surface area contributed by atoms with Gasteiger partial charge in [0.15, 0.2) is 0 Å². The zero-order valence-corrected chi connectivity index (χ0v) is 11.0. The van der Waals surface area contributed by atoms with E-state index < -0.39 is 6.04 Å². The molecule has 6 heteroatoms. The van der Waals surface area contributed by atoms with Gasteiger partial charge in [-0.25, -0.2) is 4.98 Å². The summed E-state index contributed by atoms with van der Waals surface area (Å²) in [6.07, 6.45) is 5.66. The molecule has 5 nitrogen and oxygen atoms in total.